The van der Waals surface area contributed by atoms with Crippen LogP contribution in [0.25, 0.3) is 0 Å². The smallest absolute Gasteiger partial charge is 0.222 e. The molecule has 120 valence electrons. The van der Waals surface area contributed by atoms with Crippen molar-refractivity contribution in [2.24, 2.45) is 0 Å². The summed E-state index contributed by atoms with van der Waals surface area (Å²) in [6.45, 7) is 1.75. The maximum absolute atomic E-state index is 12.0. The zero-order valence-electron chi connectivity index (χ0n) is 13.1. The molecular weight excluding hydrogens is 278 g/mol. The summed E-state index contributed by atoms with van der Waals surface area (Å²) < 4.78 is 5.79. The van der Waals surface area contributed by atoms with Crippen LogP contribution in [-0.2, 0) is 17.6 Å². The van der Waals surface area contributed by atoms with Crippen molar-refractivity contribution in [3.05, 3.63) is 29.3 Å². The lowest BCUT2D eigenvalue weighted by atomic mass is 9.92. The van der Waals surface area contributed by atoms with Crippen LogP contribution < -0.4 is 4.74 Å². The van der Waals surface area contributed by atoms with Crippen LogP contribution in [0.4, 0.5) is 0 Å². The molecule has 2 aliphatic rings. The molecule has 0 radical (unpaired) electrons. The van der Waals surface area contributed by atoms with Crippen LogP contribution in [0.2, 0.25) is 0 Å². The summed E-state index contributed by atoms with van der Waals surface area (Å²) in [7, 11) is 0. The summed E-state index contributed by atoms with van der Waals surface area (Å²) in [4.78, 5) is 13.7. The Morgan fingerprint density at radius 1 is 1.27 bits per heavy atom. The number of rotatable bonds is 5. The predicted molar refractivity (Wildman–Crippen MR) is 85.0 cm³/mol. The highest BCUT2D eigenvalue weighted by Crippen LogP contribution is 2.25. The zero-order valence-corrected chi connectivity index (χ0v) is 13.1. The average molecular weight is 303 g/mol. The minimum absolute atomic E-state index is 0.130. The summed E-state index contributed by atoms with van der Waals surface area (Å²) >= 11 is 0. The maximum atomic E-state index is 12.0. The number of hydrogen-bond acceptors (Lipinski definition) is 3. The average Bonchev–Trinajstić information content (AvgIpc) is 2.98. The normalized spacial score (nSPS) is 20.8. The van der Waals surface area contributed by atoms with E-state index in [1.807, 2.05) is 6.07 Å². The van der Waals surface area contributed by atoms with E-state index in [2.05, 4.69) is 12.1 Å². The number of aryl methyl sites for hydroxylation is 2. The first kappa shape index (κ1) is 15.3. The van der Waals surface area contributed by atoms with Crippen LogP contribution in [0.3, 0.4) is 0 Å². The van der Waals surface area contributed by atoms with Gasteiger partial charge in [-0.15, -0.1) is 0 Å². The molecule has 0 aromatic heterocycles. The Labute approximate surface area is 132 Å². The highest BCUT2D eigenvalue weighted by Gasteiger charge is 2.23. The molecule has 1 fully saturated rings. The summed E-state index contributed by atoms with van der Waals surface area (Å²) in [5, 5.41) is 9.45. The Bertz CT molecular complexity index is 529. The number of ether oxygens (including phenoxy) is 1. The van der Waals surface area contributed by atoms with E-state index in [0.29, 0.717) is 32.5 Å². The van der Waals surface area contributed by atoms with Gasteiger partial charge in [0.1, 0.15) is 5.75 Å². The van der Waals surface area contributed by atoms with E-state index < -0.39 is 0 Å². The molecule has 1 aromatic rings. The summed E-state index contributed by atoms with van der Waals surface area (Å²) in [5.74, 6) is 1.05. The molecule has 1 aromatic carbocycles. The number of benzene rings is 1. The fourth-order valence-corrected chi connectivity index (χ4v) is 3.34. The van der Waals surface area contributed by atoms with E-state index in [4.69, 9.17) is 4.74 Å². The van der Waals surface area contributed by atoms with Gasteiger partial charge in [-0.3, -0.25) is 4.79 Å². The van der Waals surface area contributed by atoms with Crippen LogP contribution in [0.1, 0.15) is 43.2 Å². The van der Waals surface area contributed by atoms with Crippen molar-refractivity contribution in [3.8, 4) is 5.75 Å². The Kier molecular flexibility index (Phi) is 4.98. The second kappa shape index (κ2) is 7.14. The highest BCUT2D eigenvalue weighted by molar-refractivity contribution is 5.76. The Morgan fingerprint density at radius 3 is 2.86 bits per heavy atom. The number of aliphatic hydroxyl groups is 1. The van der Waals surface area contributed by atoms with Gasteiger partial charge >= 0.3 is 0 Å². The number of amides is 1. The quantitative estimate of drug-likeness (QED) is 0.849. The van der Waals surface area contributed by atoms with E-state index in [1.54, 1.807) is 4.90 Å². The fourth-order valence-electron chi connectivity index (χ4n) is 3.34. The number of carbonyl (C=O) groups excluding carboxylic acids is 1. The van der Waals surface area contributed by atoms with Crippen molar-refractivity contribution in [2.45, 2.75) is 51.0 Å². The van der Waals surface area contributed by atoms with Crippen molar-refractivity contribution < 1.29 is 14.6 Å². The molecule has 0 bridgehead atoms. The first-order valence-corrected chi connectivity index (χ1v) is 8.43. The second-order valence-corrected chi connectivity index (χ2v) is 6.37. The summed E-state index contributed by atoms with van der Waals surface area (Å²) in [6.07, 6.45) is 6.49. The van der Waals surface area contributed by atoms with E-state index in [1.165, 1.54) is 30.4 Å². The molecule has 1 saturated heterocycles. The number of nitrogens with zero attached hydrogens (tertiary/aromatic N) is 1. The minimum atomic E-state index is -0.337. The third-order valence-corrected chi connectivity index (χ3v) is 4.64. The monoisotopic (exact) mass is 303 g/mol. The summed E-state index contributed by atoms with van der Waals surface area (Å²) in [6, 6.07) is 6.39. The van der Waals surface area contributed by atoms with Crippen molar-refractivity contribution in [3.63, 3.8) is 0 Å². The predicted octanol–water partition coefficient (Wildman–Crippen LogP) is 2.32. The van der Waals surface area contributed by atoms with Gasteiger partial charge in [0.15, 0.2) is 0 Å². The summed E-state index contributed by atoms with van der Waals surface area (Å²) in [5.41, 5.74) is 2.88. The lowest BCUT2D eigenvalue weighted by Crippen LogP contribution is -2.29. The maximum Gasteiger partial charge on any atom is 0.222 e. The van der Waals surface area contributed by atoms with Crippen molar-refractivity contribution >= 4 is 5.91 Å². The molecule has 1 aliphatic carbocycles. The third kappa shape index (κ3) is 3.80. The molecule has 1 aliphatic heterocycles. The molecule has 1 N–H and O–H groups in total. The van der Waals surface area contributed by atoms with Gasteiger partial charge in [-0.05, 0) is 61.8 Å². The molecule has 0 unspecified atom stereocenters. The first-order chi connectivity index (χ1) is 10.7. The lowest BCUT2D eigenvalue weighted by Gasteiger charge is -2.17. The molecular formula is C18H25NO3. The number of β-amino-alcohol motifs (C(OH)–C–C–N with tert-alkyl or cyclic N) is 1. The number of hydrogen-bond donors (Lipinski definition) is 1. The van der Waals surface area contributed by atoms with Gasteiger partial charge in [-0.2, -0.15) is 0 Å². The number of carbonyl (C=O) groups is 1. The molecule has 1 atom stereocenters. The number of fused-ring (bicyclic) bond motifs is 1. The van der Waals surface area contributed by atoms with E-state index in [0.717, 1.165) is 18.6 Å². The van der Waals surface area contributed by atoms with Crippen LogP contribution in [0.15, 0.2) is 18.2 Å². The standard InChI is InChI=1S/C18H25NO3/c20-16-9-10-19(13-16)18(21)6-3-11-22-17-8-7-14-4-1-2-5-15(14)12-17/h7-8,12,16,20H,1-6,9-11,13H2/t16-/m0/s1. The van der Waals surface area contributed by atoms with Crippen LogP contribution in [0.5, 0.6) is 5.75 Å². The van der Waals surface area contributed by atoms with E-state index in [9.17, 15) is 9.90 Å². The van der Waals surface area contributed by atoms with Gasteiger partial charge < -0.3 is 14.7 Å². The number of aliphatic hydroxyl groups excluding tert-OH is 1. The van der Waals surface area contributed by atoms with Crippen molar-refractivity contribution in [1.82, 2.24) is 4.90 Å². The van der Waals surface area contributed by atoms with Gasteiger partial charge in [0.05, 0.1) is 12.7 Å². The third-order valence-electron chi connectivity index (χ3n) is 4.64. The topological polar surface area (TPSA) is 49.8 Å². The fraction of sp³-hybridized carbons (Fsp3) is 0.611. The molecule has 4 heteroatoms. The second-order valence-electron chi connectivity index (χ2n) is 6.37. The van der Waals surface area contributed by atoms with Crippen LogP contribution in [0, 0.1) is 0 Å². The molecule has 1 heterocycles. The Balaban J connectivity index is 1.40. The molecule has 1 amide bonds. The molecule has 0 saturated carbocycles. The van der Waals surface area contributed by atoms with E-state index in [-0.39, 0.29) is 12.0 Å². The van der Waals surface area contributed by atoms with Gasteiger partial charge in [0.25, 0.3) is 0 Å². The minimum Gasteiger partial charge on any atom is -0.494 e. The van der Waals surface area contributed by atoms with Crippen LogP contribution in [-0.4, -0.2) is 41.7 Å². The van der Waals surface area contributed by atoms with Crippen molar-refractivity contribution in [1.29, 1.82) is 0 Å². The molecule has 4 nitrogen and oxygen atoms in total. The Morgan fingerprint density at radius 2 is 2.09 bits per heavy atom. The lowest BCUT2D eigenvalue weighted by molar-refractivity contribution is -0.130. The van der Waals surface area contributed by atoms with Gasteiger partial charge in [0, 0.05) is 19.5 Å². The van der Waals surface area contributed by atoms with Gasteiger partial charge in [0.2, 0.25) is 5.91 Å². The molecule has 3 rings (SSSR count). The van der Waals surface area contributed by atoms with Gasteiger partial charge in [-0.1, -0.05) is 6.07 Å². The van der Waals surface area contributed by atoms with Crippen LogP contribution >= 0.6 is 0 Å². The zero-order chi connectivity index (χ0) is 15.4. The number of likely N-dealkylation sites (tertiary alicyclic amines) is 1. The highest BCUT2D eigenvalue weighted by atomic mass is 16.5. The van der Waals surface area contributed by atoms with Gasteiger partial charge in [-0.25, -0.2) is 0 Å². The molecule has 0 spiro atoms. The largest absolute Gasteiger partial charge is 0.494 e. The first-order valence-electron chi connectivity index (χ1n) is 8.43. The van der Waals surface area contributed by atoms with E-state index >= 15 is 0 Å². The Hall–Kier alpha value is -1.55. The SMILES string of the molecule is O=C(CCCOc1ccc2c(c1)CCCC2)N1CC[C@H](O)C1. The van der Waals surface area contributed by atoms with Crippen molar-refractivity contribution in [2.75, 3.05) is 19.7 Å². The molecule has 22 heavy (non-hydrogen) atoms.